The van der Waals surface area contributed by atoms with Gasteiger partial charge in [0.2, 0.25) is 0 Å². The van der Waals surface area contributed by atoms with Crippen molar-refractivity contribution in [3.63, 3.8) is 0 Å². The van der Waals surface area contributed by atoms with Gasteiger partial charge in [-0.3, -0.25) is 0 Å². The maximum absolute atomic E-state index is 12.3. The number of alkyl halides is 1. The van der Waals surface area contributed by atoms with Gasteiger partial charge in [-0.2, -0.15) is 0 Å². The average molecular weight is 238 g/mol. The summed E-state index contributed by atoms with van der Waals surface area (Å²) in [5.74, 6) is -0.0792. The lowest BCUT2D eigenvalue weighted by atomic mass is 10.3. The minimum absolute atomic E-state index is 0.0792. The van der Waals surface area contributed by atoms with Crippen LogP contribution in [0.25, 0.3) is 0 Å². The SMILES string of the molecule is CCS(=O)(=O)c1cc(CF)cnc1Cl. The van der Waals surface area contributed by atoms with Gasteiger partial charge < -0.3 is 0 Å². The number of aromatic nitrogens is 1. The van der Waals surface area contributed by atoms with Crippen LogP contribution in [0.3, 0.4) is 0 Å². The van der Waals surface area contributed by atoms with E-state index in [-0.39, 0.29) is 21.4 Å². The van der Waals surface area contributed by atoms with E-state index in [4.69, 9.17) is 11.6 Å². The molecule has 0 atom stereocenters. The monoisotopic (exact) mass is 237 g/mol. The molecule has 0 bridgehead atoms. The lowest BCUT2D eigenvalue weighted by molar-refractivity contribution is 0.483. The largest absolute Gasteiger partial charge is 0.246 e. The molecule has 1 heterocycles. The molecule has 0 fully saturated rings. The number of halogens is 2. The zero-order chi connectivity index (χ0) is 10.8. The van der Waals surface area contributed by atoms with E-state index in [1.54, 1.807) is 0 Å². The number of nitrogens with zero attached hydrogens (tertiary/aromatic N) is 1. The van der Waals surface area contributed by atoms with Crippen LogP contribution in [-0.2, 0) is 16.5 Å². The van der Waals surface area contributed by atoms with Crippen molar-refractivity contribution in [2.75, 3.05) is 5.75 Å². The Hall–Kier alpha value is -0.680. The first-order valence-electron chi connectivity index (χ1n) is 3.94. The Morgan fingerprint density at radius 3 is 2.71 bits per heavy atom. The van der Waals surface area contributed by atoms with Gasteiger partial charge in [0, 0.05) is 11.8 Å². The van der Waals surface area contributed by atoms with E-state index in [0.29, 0.717) is 0 Å². The van der Waals surface area contributed by atoms with Crippen LogP contribution < -0.4 is 0 Å². The van der Waals surface area contributed by atoms with Gasteiger partial charge >= 0.3 is 0 Å². The normalized spacial score (nSPS) is 11.6. The highest BCUT2D eigenvalue weighted by molar-refractivity contribution is 7.91. The van der Waals surface area contributed by atoms with Crippen LogP contribution in [0.15, 0.2) is 17.2 Å². The molecule has 0 aromatic carbocycles. The van der Waals surface area contributed by atoms with Crippen LogP contribution >= 0.6 is 11.6 Å². The maximum Gasteiger partial charge on any atom is 0.181 e. The smallest absolute Gasteiger partial charge is 0.181 e. The molecule has 6 heteroatoms. The first kappa shape index (κ1) is 11.4. The second-order valence-corrected chi connectivity index (χ2v) is 5.27. The molecule has 0 N–H and O–H groups in total. The van der Waals surface area contributed by atoms with Crippen molar-refractivity contribution in [2.45, 2.75) is 18.5 Å². The van der Waals surface area contributed by atoms with Gasteiger partial charge in [0.1, 0.15) is 16.7 Å². The fourth-order valence-corrected chi connectivity index (χ4v) is 2.32. The molecule has 0 aliphatic rings. The van der Waals surface area contributed by atoms with Crippen LogP contribution in [0.5, 0.6) is 0 Å². The van der Waals surface area contributed by atoms with Gasteiger partial charge in [-0.15, -0.1) is 0 Å². The molecule has 1 aromatic heterocycles. The quantitative estimate of drug-likeness (QED) is 0.756. The van der Waals surface area contributed by atoms with Crippen molar-refractivity contribution in [3.8, 4) is 0 Å². The Bertz CT molecular complexity index is 433. The third-order valence-corrected chi connectivity index (χ3v) is 3.89. The van der Waals surface area contributed by atoms with Crippen LogP contribution in [0.1, 0.15) is 12.5 Å². The molecule has 0 saturated heterocycles. The lowest BCUT2D eigenvalue weighted by Gasteiger charge is -2.04. The van der Waals surface area contributed by atoms with Gasteiger partial charge in [-0.05, 0) is 6.07 Å². The van der Waals surface area contributed by atoms with Crippen molar-refractivity contribution in [3.05, 3.63) is 23.0 Å². The fourth-order valence-electron chi connectivity index (χ4n) is 0.915. The second-order valence-electron chi connectivity index (χ2n) is 2.67. The Kier molecular flexibility index (Phi) is 3.44. The third-order valence-electron chi connectivity index (χ3n) is 1.73. The summed E-state index contributed by atoms with van der Waals surface area (Å²) in [6.45, 7) is 0.740. The molecular weight excluding hydrogens is 229 g/mol. The molecule has 1 rings (SSSR count). The number of hydrogen-bond donors (Lipinski definition) is 0. The first-order chi connectivity index (χ1) is 6.51. The molecule has 0 unspecified atom stereocenters. The summed E-state index contributed by atoms with van der Waals surface area (Å²) < 4.78 is 35.1. The van der Waals surface area contributed by atoms with Gasteiger partial charge in [0.25, 0.3) is 0 Å². The van der Waals surface area contributed by atoms with Crippen LogP contribution in [-0.4, -0.2) is 19.2 Å². The number of pyridine rings is 1. The van der Waals surface area contributed by atoms with Crippen molar-refractivity contribution in [1.82, 2.24) is 4.98 Å². The van der Waals surface area contributed by atoms with E-state index >= 15 is 0 Å². The summed E-state index contributed by atoms with van der Waals surface area (Å²) in [6, 6.07) is 1.22. The second kappa shape index (κ2) is 4.23. The summed E-state index contributed by atoms with van der Waals surface area (Å²) in [5, 5.41) is -0.107. The predicted octanol–water partition coefficient (Wildman–Crippen LogP) is 2.00. The molecule has 0 aliphatic heterocycles. The summed E-state index contributed by atoms with van der Waals surface area (Å²) in [7, 11) is -3.42. The van der Waals surface area contributed by atoms with E-state index in [1.807, 2.05) is 0 Å². The van der Waals surface area contributed by atoms with Crippen molar-refractivity contribution >= 4 is 21.4 Å². The van der Waals surface area contributed by atoms with Crippen LogP contribution in [0.4, 0.5) is 4.39 Å². The van der Waals surface area contributed by atoms with Crippen molar-refractivity contribution < 1.29 is 12.8 Å². The van der Waals surface area contributed by atoms with E-state index in [9.17, 15) is 12.8 Å². The molecule has 78 valence electrons. The molecule has 3 nitrogen and oxygen atoms in total. The summed E-state index contributed by atoms with van der Waals surface area (Å²) in [5.41, 5.74) is 0.210. The van der Waals surface area contributed by atoms with Gasteiger partial charge in [0.05, 0.1) is 5.75 Å². The highest BCUT2D eigenvalue weighted by atomic mass is 35.5. The van der Waals surface area contributed by atoms with Gasteiger partial charge in [-0.1, -0.05) is 18.5 Å². The summed E-state index contributed by atoms with van der Waals surface area (Å²) in [4.78, 5) is 3.51. The lowest BCUT2D eigenvalue weighted by Crippen LogP contribution is -2.06. The van der Waals surface area contributed by atoms with Crippen LogP contribution in [0, 0.1) is 0 Å². The standard InChI is InChI=1S/C8H9ClFNO2S/c1-2-14(12,13)7-3-6(4-10)5-11-8(7)9/h3,5H,2,4H2,1H3. The first-order valence-corrected chi connectivity index (χ1v) is 5.97. The van der Waals surface area contributed by atoms with E-state index in [1.165, 1.54) is 19.2 Å². The molecule has 0 amide bonds. The molecular formula is C8H9ClFNO2S. The topological polar surface area (TPSA) is 47.0 Å². The fraction of sp³-hybridized carbons (Fsp3) is 0.375. The Balaban J connectivity index is 3.33. The Morgan fingerprint density at radius 1 is 1.57 bits per heavy atom. The summed E-state index contributed by atoms with van der Waals surface area (Å²) in [6.07, 6.45) is 1.22. The van der Waals surface area contributed by atoms with Crippen molar-refractivity contribution in [1.29, 1.82) is 0 Å². The number of hydrogen-bond acceptors (Lipinski definition) is 3. The molecule has 0 aliphatic carbocycles. The Morgan fingerprint density at radius 2 is 2.21 bits per heavy atom. The number of rotatable bonds is 3. The maximum atomic E-state index is 12.3. The van der Waals surface area contributed by atoms with E-state index < -0.39 is 16.5 Å². The predicted molar refractivity (Wildman–Crippen MR) is 51.8 cm³/mol. The minimum atomic E-state index is -3.42. The summed E-state index contributed by atoms with van der Waals surface area (Å²) >= 11 is 5.60. The van der Waals surface area contributed by atoms with Crippen LogP contribution in [0.2, 0.25) is 5.15 Å². The van der Waals surface area contributed by atoms with Gasteiger partial charge in [0.15, 0.2) is 9.84 Å². The minimum Gasteiger partial charge on any atom is -0.246 e. The third kappa shape index (κ3) is 2.22. The molecule has 0 spiro atoms. The highest BCUT2D eigenvalue weighted by Crippen LogP contribution is 2.21. The highest BCUT2D eigenvalue weighted by Gasteiger charge is 2.17. The number of sulfone groups is 1. The molecule has 0 saturated carbocycles. The van der Waals surface area contributed by atoms with E-state index in [0.717, 1.165) is 0 Å². The Labute approximate surface area is 86.8 Å². The molecule has 14 heavy (non-hydrogen) atoms. The molecule has 0 radical (unpaired) electrons. The average Bonchev–Trinajstić information content (AvgIpc) is 2.18. The zero-order valence-corrected chi connectivity index (χ0v) is 9.07. The van der Waals surface area contributed by atoms with E-state index in [2.05, 4.69) is 4.98 Å². The zero-order valence-electron chi connectivity index (χ0n) is 7.50. The van der Waals surface area contributed by atoms with Crippen molar-refractivity contribution in [2.24, 2.45) is 0 Å². The molecule has 1 aromatic rings. The van der Waals surface area contributed by atoms with Gasteiger partial charge in [-0.25, -0.2) is 17.8 Å².